The third-order valence-corrected chi connectivity index (χ3v) is 8.20. The van der Waals surface area contributed by atoms with Crippen LogP contribution in [-0.4, -0.2) is 97.6 Å². The van der Waals surface area contributed by atoms with Crippen molar-refractivity contribution in [2.45, 2.75) is 75.2 Å². The molecule has 4 heterocycles. The maximum absolute atomic E-state index is 13.3. The van der Waals surface area contributed by atoms with Crippen molar-refractivity contribution in [2.75, 3.05) is 13.1 Å². The van der Waals surface area contributed by atoms with Gasteiger partial charge in [-0.2, -0.15) is 0 Å². The van der Waals surface area contributed by atoms with Crippen molar-refractivity contribution in [3.8, 4) is 0 Å². The summed E-state index contributed by atoms with van der Waals surface area (Å²) in [6.45, 7) is 5.52. The maximum Gasteiger partial charge on any atom is 0.251 e. The number of hydrogen-bond donors (Lipinski definition) is 6. The van der Waals surface area contributed by atoms with Crippen molar-refractivity contribution in [2.24, 2.45) is 16.5 Å². The molecule has 1 aromatic rings. The molecule has 37 heavy (non-hydrogen) atoms. The molecular formula is C24H34N8O5. The van der Waals surface area contributed by atoms with Crippen molar-refractivity contribution in [1.29, 1.82) is 0 Å². The van der Waals surface area contributed by atoms with E-state index in [2.05, 4.69) is 15.6 Å². The second kappa shape index (κ2) is 8.74. The number of likely N-dealkylation sites (tertiary alicyclic amines) is 1. The largest absolute Gasteiger partial charge is 0.384 e. The van der Waals surface area contributed by atoms with Gasteiger partial charge >= 0.3 is 0 Å². The third-order valence-electron chi connectivity index (χ3n) is 8.20. The van der Waals surface area contributed by atoms with Gasteiger partial charge in [0.25, 0.3) is 5.91 Å². The van der Waals surface area contributed by atoms with E-state index in [9.17, 15) is 24.7 Å². The first kappa shape index (κ1) is 25.5. The van der Waals surface area contributed by atoms with Gasteiger partial charge in [0.05, 0.1) is 24.7 Å². The number of aliphatic imine (C=N–C) groups is 1. The summed E-state index contributed by atoms with van der Waals surface area (Å²) >= 11 is 0. The topological polar surface area (TPSA) is 190 Å². The summed E-state index contributed by atoms with van der Waals surface area (Å²) in [6, 6.07) is 4.74. The first-order chi connectivity index (χ1) is 17.4. The molecule has 1 spiro atoms. The number of nitrogens with zero attached hydrogens (tertiary/aromatic N) is 4. The Morgan fingerprint density at radius 2 is 1.97 bits per heavy atom. The van der Waals surface area contributed by atoms with Crippen LogP contribution in [0.5, 0.6) is 0 Å². The molecule has 0 aliphatic carbocycles. The number of guanidine groups is 1. The van der Waals surface area contributed by atoms with E-state index in [1.165, 1.54) is 11.8 Å². The van der Waals surface area contributed by atoms with Crippen molar-refractivity contribution < 1.29 is 24.7 Å². The lowest BCUT2D eigenvalue weighted by Gasteiger charge is -2.52. The van der Waals surface area contributed by atoms with Crippen LogP contribution < -0.4 is 22.1 Å². The van der Waals surface area contributed by atoms with Crippen LogP contribution in [0.15, 0.2) is 29.3 Å². The number of amides is 3. The summed E-state index contributed by atoms with van der Waals surface area (Å²) in [4.78, 5) is 45.0. The lowest BCUT2D eigenvalue weighted by Crippen LogP contribution is -2.77. The molecule has 0 bridgehead atoms. The highest BCUT2D eigenvalue weighted by molar-refractivity contribution is 6.02. The maximum atomic E-state index is 13.3. The van der Waals surface area contributed by atoms with Gasteiger partial charge in [-0.05, 0) is 30.5 Å². The first-order valence-electron chi connectivity index (χ1n) is 12.5. The van der Waals surface area contributed by atoms with Gasteiger partial charge < -0.3 is 32.0 Å². The van der Waals surface area contributed by atoms with Crippen LogP contribution >= 0.6 is 0 Å². The number of hydroxylamine groups is 2. The van der Waals surface area contributed by atoms with Gasteiger partial charge in [-0.15, -0.1) is 5.06 Å². The van der Waals surface area contributed by atoms with Gasteiger partial charge in [-0.1, -0.05) is 26.0 Å². The predicted octanol–water partition coefficient (Wildman–Crippen LogP) is -1.58. The minimum atomic E-state index is -1.79. The Kier molecular flexibility index (Phi) is 6.03. The predicted molar refractivity (Wildman–Crippen MR) is 132 cm³/mol. The van der Waals surface area contributed by atoms with Gasteiger partial charge in [0.15, 0.2) is 11.6 Å². The van der Waals surface area contributed by atoms with Gasteiger partial charge in [-0.25, -0.2) is 4.99 Å². The molecule has 0 saturated carbocycles. The number of nitrogens with one attached hydrogen (secondary N) is 2. The number of nitrogens with two attached hydrogens (primary N) is 2. The second-order valence-electron chi connectivity index (χ2n) is 10.7. The van der Waals surface area contributed by atoms with Crippen LogP contribution in [0.4, 0.5) is 0 Å². The van der Waals surface area contributed by atoms with Crippen molar-refractivity contribution in [3.05, 3.63) is 35.4 Å². The van der Waals surface area contributed by atoms with E-state index in [1.54, 1.807) is 18.2 Å². The molecule has 0 radical (unpaired) electrons. The van der Waals surface area contributed by atoms with Crippen LogP contribution in [0, 0.1) is 0 Å². The first-order valence-corrected chi connectivity index (χ1v) is 12.5. The molecule has 3 saturated heterocycles. The number of imide groups is 1. The number of rotatable bonds is 5. The summed E-state index contributed by atoms with van der Waals surface area (Å²) in [5, 5.41) is 30.0. The zero-order valence-electron chi connectivity index (χ0n) is 21.1. The number of benzene rings is 1. The molecule has 8 N–H and O–H groups in total. The quantitative estimate of drug-likeness (QED) is 0.250. The molecule has 13 heteroatoms. The molecule has 6 atom stereocenters. The Labute approximate surface area is 214 Å². The molecule has 0 aromatic heterocycles. The van der Waals surface area contributed by atoms with Gasteiger partial charge in [0.1, 0.15) is 11.9 Å². The normalized spacial score (nSPS) is 35.7. The minimum absolute atomic E-state index is 0.00544. The Hall–Kier alpha value is -3.10. The molecule has 200 valence electrons. The van der Waals surface area contributed by atoms with E-state index in [0.29, 0.717) is 5.56 Å². The van der Waals surface area contributed by atoms with Gasteiger partial charge in [0.2, 0.25) is 11.8 Å². The fourth-order valence-corrected chi connectivity index (χ4v) is 6.18. The third kappa shape index (κ3) is 3.64. The molecule has 3 fully saturated rings. The van der Waals surface area contributed by atoms with E-state index in [-0.39, 0.29) is 55.5 Å². The summed E-state index contributed by atoms with van der Waals surface area (Å²) in [5.41, 5.74) is 10.5. The van der Waals surface area contributed by atoms with Crippen molar-refractivity contribution >= 4 is 23.7 Å². The molecule has 4 aliphatic heterocycles. The average Bonchev–Trinajstić information content (AvgIpc) is 3.40. The molecule has 1 aromatic carbocycles. The molecule has 4 aliphatic rings. The molecule has 5 rings (SSSR count). The van der Waals surface area contributed by atoms with Crippen LogP contribution in [0.1, 0.15) is 55.5 Å². The Balaban J connectivity index is 1.48. The monoisotopic (exact) mass is 514 g/mol. The molecule has 6 unspecified atom stereocenters. The fourth-order valence-electron chi connectivity index (χ4n) is 6.18. The van der Waals surface area contributed by atoms with Crippen LogP contribution in [0.2, 0.25) is 0 Å². The van der Waals surface area contributed by atoms with E-state index < -0.39 is 35.7 Å². The number of hydrogen-bond acceptors (Lipinski definition) is 11. The Morgan fingerprint density at radius 1 is 1.30 bits per heavy atom. The van der Waals surface area contributed by atoms with Crippen LogP contribution in [-0.2, 0) is 9.59 Å². The highest BCUT2D eigenvalue weighted by Crippen LogP contribution is 2.49. The highest BCUT2D eigenvalue weighted by Gasteiger charge is 2.75. The van der Waals surface area contributed by atoms with E-state index in [1.807, 2.05) is 19.9 Å². The van der Waals surface area contributed by atoms with Gasteiger partial charge in [-0.3, -0.25) is 24.6 Å². The standard InChI is InChI=1S/C24H34N8O5/c1-12(2)13-5-4-6-14(9-13)20(35)28-16-11-31-21(25)27-15(10-30-17(33)7-8-18(30)34)19-24(31,23(16,3)36)32(37)22(26)29-19/h4-6,9,12,15-16,19,22,29,36-37H,7-8,10-11,26H2,1-3H3,(H2,25,27)(H,28,35). The lowest BCUT2D eigenvalue weighted by molar-refractivity contribution is -0.260. The number of carbonyl (C=O) groups is 3. The molecular weight excluding hydrogens is 480 g/mol. The Bertz CT molecular complexity index is 1160. The summed E-state index contributed by atoms with van der Waals surface area (Å²) in [5.74, 6) is -0.794. The lowest BCUT2D eigenvalue weighted by atomic mass is 9.78. The fraction of sp³-hybridized carbons (Fsp3) is 0.583. The molecule has 13 nitrogen and oxygen atoms in total. The molecule has 3 amide bonds. The van der Waals surface area contributed by atoms with Crippen LogP contribution in [0.25, 0.3) is 0 Å². The smallest absolute Gasteiger partial charge is 0.251 e. The second-order valence-corrected chi connectivity index (χ2v) is 10.7. The minimum Gasteiger partial charge on any atom is -0.384 e. The van der Waals surface area contributed by atoms with E-state index in [0.717, 1.165) is 15.5 Å². The number of aliphatic hydroxyl groups is 1. The highest BCUT2D eigenvalue weighted by atomic mass is 16.5. The number of carbonyl (C=O) groups excluding carboxylic acids is 3. The summed E-state index contributed by atoms with van der Waals surface area (Å²) in [6.07, 6.45) is -0.865. The zero-order valence-corrected chi connectivity index (χ0v) is 21.1. The van der Waals surface area contributed by atoms with E-state index in [4.69, 9.17) is 11.5 Å². The van der Waals surface area contributed by atoms with Crippen molar-refractivity contribution in [1.82, 2.24) is 25.5 Å². The Morgan fingerprint density at radius 3 is 2.62 bits per heavy atom. The SMILES string of the molecule is CC(C)c1cccc(C(=O)NC2CN3C(N)=NC(CN4C(=O)CCC4=O)C4NC(N)N(O)C43C2(C)O)c1. The summed E-state index contributed by atoms with van der Waals surface area (Å²) in [7, 11) is 0. The van der Waals surface area contributed by atoms with Crippen molar-refractivity contribution in [3.63, 3.8) is 0 Å². The van der Waals surface area contributed by atoms with E-state index >= 15 is 0 Å². The van der Waals surface area contributed by atoms with Crippen LogP contribution in [0.3, 0.4) is 0 Å². The summed E-state index contributed by atoms with van der Waals surface area (Å²) < 4.78 is 0. The average molecular weight is 515 g/mol. The zero-order chi connectivity index (χ0) is 26.9. The van der Waals surface area contributed by atoms with Gasteiger partial charge in [0, 0.05) is 24.9 Å².